The van der Waals surface area contributed by atoms with Gasteiger partial charge in [0.2, 0.25) is 0 Å². The van der Waals surface area contributed by atoms with E-state index in [0.29, 0.717) is 5.56 Å². The zero-order chi connectivity index (χ0) is 13.8. The lowest BCUT2D eigenvalue weighted by Gasteiger charge is -2.17. The van der Waals surface area contributed by atoms with Gasteiger partial charge in [-0.25, -0.2) is 0 Å². The van der Waals surface area contributed by atoms with E-state index in [9.17, 15) is 18.0 Å². The second kappa shape index (κ2) is 5.75. The first kappa shape index (κ1) is 14.3. The van der Waals surface area contributed by atoms with E-state index < -0.39 is 12.3 Å². The van der Waals surface area contributed by atoms with Crippen molar-refractivity contribution in [1.29, 1.82) is 0 Å². The Morgan fingerprint density at radius 1 is 1.39 bits per heavy atom. The number of aliphatic carboxylic acids is 1. The average Bonchev–Trinajstić information content (AvgIpc) is 2.24. The Bertz CT molecular complexity index is 415. The van der Waals surface area contributed by atoms with Crippen molar-refractivity contribution in [3.05, 3.63) is 29.8 Å². The van der Waals surface area contributed by atoms with E-state index in [1.165, 1.54) is 18.2 Å². The van der Waals surface area contributed by atoms with Gasteiger partial charge in [0, 0.05) is 6.42 Å². The van der Waals surface area contributed by atoms with Crippen LogP contribution in [0, 0.1) is 0 Å². The third-order valence-electron chi connectivity index (χ3n) is 2.47. The van der Waals surface area contributed by atoms with Gasteiger partial charge in [-0.05, 0) is 24.0 Å². The fourth-order valence-corrected chi connectivity index (χ4v) is 1.60. The molecule has 0 aliphatic heterocycles. The maximum absolute atomic E-state index is 12.2. The Morgan fingerprint density at radius 2 is 2.00 bits per heavy atom. The number of carbonyl (C=O) groups is 1. The fourth-order valence-electron chi connectivity index (χ4n) is 1.60. The van der Waals surface area contributed by atoms with Crippen molar-refractivity contribution in [2.45, 2.75) is 32.0 Å². The smallest absolute Gasteiger partial charge is 0.481 e. The van der Waals surface area contributed by atoms with Crippen LogP contribution in [0.5, 0.6) is 5.75 Å². The minimum atomic E-state index is -4.75. The molecule has 0 aliphatic rings. The number of hydrogen-bond donors (Lipinski definition) is 1. The summed E-state index contributed by atoms with van der Waals surface area (Å²) < 4.78 is 40.5. The van der Waals surface area contributed by atoms with Crippen LogP contribution in [0.3, 0.4) is 0 Å². The molecule has 18 heavy (non-hydrogen) atoms. The maximum Gasteiger partial charge on any atom is 0.573 e. The van der Waals surface area contributed by atoms with Crippen LogP contribution in [-0.4, -0.2) is 17.4 Å². The van der Waals surface area contributed by atoms with E-state index in [-0.39, 0.29) is 24.5 Å². The molecule has 0 fully saturated rings. The van der Waals surface area contributed by atoms with Gasteiger partial charge < -0.3 is 9.84 Å². The number of hydrogen-bond acceptors (Lipinski definition) is 2. The van der Waals surface area contributed by atoms with E-state index in [2.05, 4.69) is 4.74 Å². The van der Waals surface area contributed by atoms with Crippen LogP contribution in [0.4, 0.5) is 13.2 Å². The molecule has 0 saturated heterocycles. The zero-order valence-corrected chi connectivity index (χ0v) is 9.70. The van der Waals surface area contributed by atoms with E-state index in [1.807, 2.05) is 0 Å². The first-order valence-corrected chi connectivity index (χ1v) is 5.36. The zero-order valence-electron chi connectivity index (χ0n) is 9.70. The van der Waals surface area contributed by atoms with Gasteiger partial charge in [0.1, 0.15) is 5.75 Å². The number of carboxylic acids is 1. The van der Waals surface area contributed by atoms with Crippen LogP contribution >= 0.6 is 0 Å². The van der Waals surface area contributed by atoms with Crippen LogP contribution < -0.4 is 4.74 Å². The number of alkyl halides is 3. The monoisotopic (exact) mass is 262 g/mol. The first-order valence-electron chi connectivity index (χ1n) is 5.36. The molecule has 0 bridgehead atoms. The topological polar surface area (TPSA) is 46.5 Å². The van der Waals surface area contributed by atoms with Crippen molar-refractivity contribution >= 4 is 5.97 Å². The Hall–Kier alpha value is -1.72. The Balaban J connectivity index is 2.84. The minimum absolute atomic E-state index is 0.0957. The predicted octanol–water partition coefficient (Wildman–Crippen LogP) is 3.55. The van der Waals surface area contributed by atoms with Gasteiger partial charge in [-0.3, -0.25) is 4.79 Å². The van der Waals surface area contributed by atoms with Gasteiger partial charge in [-0.1, -0.05) is 25.1 Å². The van der Waals surface area contributed by atoms with Crippen molar-refractivity contribution in [2.24, 2.45) is 0 Å². The number of para-hydroxylation sites is 1. The second-order valence-electron chi connectivity index (χ2n) is 3.92. The van der Waals surface area contributed by atoms with Crippen molar-refractivity contribution in [2.75, 3.05) is 0 Å². The van der Waals surface area contributed by atoms with Gasteiger partial charge in [0.25, 0.3) is 0 Å². The molecule has 100 valence electrons. The molecule has 1 aromatic rings. The summed E-state index contributed by atoms with van der Waals surface area (Å²) in [5.41, 5.74) is 0.357. The molecule has 1 N–H and O–H groups in total. The molecular weight excluding hydrogens is 249 g/mol. The van der Waals surface area contributed by atoms with Crippen LogP contribution in [0.2, 0.25) is 0 Å². The maximum atomic E-state index is 12.2. The van der Waals surface area contributed by atoms with Crippen LogP contribution in [0.1, 0.15) is 31.2 Å². The summed E-state index contributed by atoms with van der Waals surface area (Å²) in [5.74, 6) is -1.57. The molecule has 0 aliphatic carbocycles. The summed E-state index contributed by atoms with van der Waals surface area (Å²) >= 11 is 0. The predicted molar refractivity (Wildman–Crippen MR) is 58.4 cm³/mol. The Morgan fingerprint density at radius 3 is 2.56 bits per heavy atom. The second-order valence-corrected chi connectivity index (χ2v) is 3.92. The van der Waals surface area contributed by atoms with Crippen molar-refractivity contribution in [3.8, 4) is 5.75 Å². The number of rotatable bonds is 5. The normalized spacial score (nSPS) is 13.1. The third-order valence-corrected chi connectivity index (χ3v) is 2.47. The molecule has 0 spiro atoms. The van der Waals surface area contributed by atoms with Crippen LogP contribution in [0.15, 0.2) is 24.3 Å². The van der Waals surface area contributed by atoms with Crippen LogP contribution in [-0.2, 0) is 4.79 Å². The summed E-state index contributed by atoms with van der Waals surface area (Å²) in [7, 11) is 0. The van der Waals surface area contributed by atoms with E-state index >= 15 is 0 Å². The summed E-state index contributed by atoms with van der Waals surface area (Å²) in [6, 6.07) is 5.76. The molecule has 0 amide bonds. The standard InChI is InChI=1S/C12H13F3O3/c1-8(6-7-11(16)17)9-4-2-3-5-10(9)18-12(13,14)15/h2-5,8H,6-7H2,1H3,(H,16,17). The molecule has 1 atom stereocenters. The van der Waals surface area contributed by atoms with Gasteiger partial charge in [0.05, 0.1) is 0 Å². The van der Waals surface area contributed by atoms with E-state index in [1.54, 1.807) is 13.0 Å². The van der Waals surface area contributed by atoms with E-state index in [4.69, 9.17) is 5.11 Å². The lowest BCUT2D eigenvalue weighted by atomic mass is 9.95. The number of carboxylic acid groups (broad SMARTS) is 1. The van der Waals surface area contributed by atoms with Gasteiger partial charge in [-0.15, -0.1) is 13.2 Å². The molecule has 0 heterocycles. The average molecular weight is 262 g/mol. The lowest BCUT2D eigenvalue weighted by Crippen LogP contribution is -2.18. The molecule has 0 aromatic heterocycles. The molecule has 6 heteroatoms. The molecule has 3 nitrogen and oxygen atoms in total. The third kappa shape index (κ3) is 4.65. The summed E-state index contributed by atoms with van der Waals surface area (Å²) in [6.45, 7) is 1.67. The van der Waals surface area contributed by atoms with Crippen LogP contribution in [0.25, 0.3) is 0 Å². The molecule has 1 unspecified atom stereocenters. The Kier molecular flexibility index (Phi) is 4.58. The summed E-state index contributed by atoms with van der Waals surface area (Å²) in [6.07, 6.45) is -4.59. The van der Waals surface area contributed by atoms with Gasteiger partial charge in [-0.2, -0.15) is 0 Å². The summed E-state index contributed by atoms with van der Waals surface area (Å²) in [5, 5.41) is 8.55. The first-order chi connectivity index (χ1) is 8.29. The number of halogens is 3. The highest BCUT2D eigenvalue weighted by atomic mass is 19.4. The largest absolute Gasteiger partial charge is 0.573 e. The van der Waals surface area contributed by atoms with Gasteiger partial charge >= 0.3 is 12.3 Å². The SMILES string of the molecule is CC(CCC(=O)O)c1ccccc1OC(F)(F)F. The fraction of sp³-hybridized carbons (Fsp3) is 0.417. The highest BCUT2D eigenvalue weighted by Gasteiger charge is 2.32. The van der Waals surface area contributed by atoms with Crippen molar-refractivity contribution in [3.63, 3.8) is 0 Å². The molecular formula is C12H13F3O3. The number of ether oxygens (including phenoxy) is 1. The molecule has 0 saturated carbocycles. The summed E-state index contributed by atoms with van der Waals surface area (Å²) in [4.78, 5) is 10.4. The highest BCUT2D eigenvalue weighted by Crippen LogP contribution is 2.32. The lowest BCUT2D eigenvalue weighted by molar-refractivity contribution is -0.275. The minimum Gasteiger partial charge on any atom is -0.481 e. The molecule has 1 aromatic carbocycles. The molecule has 0 radical (unpaired) electrons. The molecule has 1 rings (SSSR count). The quantitative estimate of drug-likeness (QED) is 0.882. The van der Waals surface area contributed by atoms with E-state index in [0.717, 1.165) is 0 Å². The highest BCUT2D eigenvalue weighted by molar-refractivity contribution is 5.66. The number of benzene rings is 1. The Labute approximate surface area is 102 Å². The van der Waals surface area contributed by atoms with Crippen molar-refractivity contribution < 1.29 is 27.8 Å². The van der Waals surface area contributed by atoms with Crippen molar-refractivity contribution in [1.82, 2.24) is 0 Å². The van der Waals surface area contributed by atoms with Gasteiger partial charge in [0.15, 0.2) is 0 Å².